The molecule has 0 bridgehead atoms. The van der Waals surface area contributed by atoms with Crippen LogP contribution in [0.4, 0.5) is 5.69 Å². The van der Waals surface area contributed by atoms with E-state index in [1.54, 1.807) is 48.5 Å². The summed E-state index contributed by atoms with van der Waals surface area (Å²) in [6.45, 7) is 1.37. The van der Waals surface area contributed by atoms with Crippen LogP contribution in [0.5, 0.6) is 0 Å². The van der Waals surface area contributed by atoms with Gasteiger partial charge in [0.15, 0.2) is 6.61 Å². The lowest BCUT2D eigenvalue weighted by Crippen LogP contribution is -2.35. The fraction of sp³-hybridized carbons (Fsp3) is 0.154. The van der Waals surface area contributed by atoms with Crippen LogP contribution in [0.1, 0.15) is 21.5 Å². The molecule has 0 atom stereocenters. The Morgan fingerprint density at radius 2 is 1.47 bits per heavy atom. The van der Waals surface area contributed by atoms with Gasteiger partial charge in [-0.3, -0.25) is 19.7 Å². The summed E-state index contributed by atoms with van der Waals surface area (Å²) >= 11 is 1.18. The summed E-state index contributed by atoms with van der Waals surface area (Å²) in [5, 5.41) is 5.01. The molecule has 174 valence electrons. The van der Waals surface area contributed by atoms with Crippen molar-refractivity contribution in [2.75, 3.05) is 17.7 Å². The molecular formula is C26H24N2O5S. The monoisotopic (exact) mass is 476 g/mol. The summed E-state index contributed by atoms with van der Waals surface area (Å²) in [7, 11) is 0. The van der Waals surface area contributed by atoms with E-state index in [2.05, 4.69) is 10.6 Å². The molecule has 0 saturated heterocycles. The Hall–Kier alpha value is -3.91. The molecule has 3 aromatic rings. The second-order valence-electron chi connectivity index (χ2n) is 7.41. The van der Waals surface area contributed by atoms with E-state index >= 15 is 0 Å². The Kier molecular flexibility index (Phi) is 8.99. The molecule has 0 aromatic heterocycles. The van der Waals surface area contributed by atoms with Gasteiger partial charge in [0.2, 0.25) is 11.8 Å². The zero-order valence-electron chi connectivity index (χ0n) is 18.6. The summed E-state index contributed by atoms with van der Waals surface area (Å²) in [5.74, 6) is -2.03. The highest BCUT2D eigenvalue weighted by atomic mass is 32.2. The number of esters is 1. The molecule has 0 spiro atoms. The van der Waals surface area contributed by atoms with Gasteiger partial charge in [0.1, 0.15) is 0 Å². The number of carbonyl (C=O) groups excluding carboxylic acids is 4. The maximum Gasteiger partial charge on any atom is 0.339 e. The highest BCUT2D eigenvalue weighted by Gasteiger charge is 2.17. The highest BCUT2D eigenvalue weighted by Crippen LogP contribution is 2.23. The van der Waals surface area contributed by atoms with Crippen molar-refractivity contribution in [3.8, 4) is 0 Å². The Morgan fingerprint density at radius 3 is 2.21 bits per heavy atom. The molecule has 0 heterocycles. The molecule has 0 fully saturated rings. The molecule has 0 aliphatic rings. The van der Waals surface area contributed by atoms with Gasteiger partial charge in [-0.05, 0) is 36.8 Å². The van der Waals surface area contributed by atoms with E-state index in [0.717, 1.165) is 11.1 Å². The van der Waals surface area contributed by atoms with E-state index in [-0.39, 0.29) is 23.6 Å². The predicted molar refractivity (Wildman–Crippen MR) is 131 cm³/mol. The van der Waals surface area contributed by atoms with E-state index in [1.165, 1.54) is 11.8 Å². The predicted octanol–water partition coefficient (Wildman–Crippen LogP) is 3.77. The largest absolute Gasteiger partial charge is 0.452 e. The van der Waals surface area contributed by atoms with Crippen molar-refractivity contribution in [3.63, 3.8) is 0 Å². The number of anilines is 1. The number of hydrogen-bond donors (Lipinski definition) is 2. The Morgan fingerprint density at radius 1 is 0.794 bits per heavy atom. The summed E-state index contributed by atoms with van der Waals surface area (Å²) < 4.78 is 5.08. The van der Waals surface area contributed by atoms with Crippen LogP contribution in [-0.2, 0) is 25.5 Å². The molecule has 0 unspecified atom stereocenters. The molecular weight excluding hydrogens is 452 g/mol. The smallest absolute Gasteiger partial charge is 0.339 e. The van der Waals surface area contributed by atoms with Crippen LogP contribution < -0.4 is 10.6 Å². The molecule has 0 aliphatic heterocycles. The lowest BCUT2D eigenvalue weighted by Gasteiger charge is -2.10. The van der Waals surface area contributed by atoms with Crippen LogP contribution in [0.25, 0.3) is 0 Å². The second-order valence-corrected chi connectivity index (χ2v) is 8.43. The van der Waals surface area contributed by atoms with Gasteiger partial charge in [-0.1, -0.05) is 60.2 Å². The SMILES string of the molecule is Cc1ccc(NC(=O)CSc2ccccc2C(=O)OCC(=O)NC(=O)Cc2ccccc2)cc1. The normalized spacial score (nSPS) is 10.3. The van der Waals surface area contributed by atoms with E-state index in [1.807, 2.05) is 37.3 Å². The van der Waals surface area contributed by atoms with Crippen molar-refractivity contribution in [1.29, 1.82) is 0 Å². The Balaban J connectivity index is 1.48. The fourth-order valence-corrected chi connectivity index (χ4v) is 3.80. The van der Waals surface area contributed by atoms with Gasteiger partial charge in [-0.2, -0.15) is 0 Å². The number of carbonyl (C=O) groups is 4. The Labute approximate surface area is 201 Å². The van der Waals surface area contributed by atoms with E-state index in [0.29, 0.717) is 10.6 Å². The van der Waals surface area contributed by atoms with E-state index < -0.39 is 24.4 Å². The van der Waals surface area contributed by atoms with Gasteiger partial charge in [-0.15, -0.1) is 11.8 Å². The highest BCUT2D eigenvalue weighted by molar-refractivity contribution is 8.00. The van der Waals surface area contributed by atoms with Crippen LogP contribution in [-0.4, -0.2) is 36.1 Å². The number of benzene rings is 3. The molecule has 0 saturated carbocycles. The maximum absolute atomic E-state index is 12.5. The first-order valence-electron chi connectivity index (χ1n) is 10.5. The molecule has 0 aliphatic carbocycles. The molecule has 2 N–H and O–H groups in total. The third-order valence-corrected chi connectivity index (χ3v) is 5.70. The number of thioether (sulfide) groups is 1. The average Bonchev–Trinajstić information content (AvgIpc) is 2.83. The van der Waals surface area contributed by atoms with Crippen molar-refractivity contribution in [2.45, 2.75) is 18.2 Å². The lowest BCUT2D eigenvalue weighted by molar-refractivity contribution is -0.132. The summed E-state index contributed by atoms with van der Waals surface area (Å²) in [4.78, 5) is 49.3. The minimum atomic E-state index is -0.715. The first kappa shape index (κ1) is 24.7. The number of ether oxygens (including phenoxy) is 1. The minimum Gasteiger partial charge on any atom is -0.452 e. The van der Waals surface area contributed by atoms with Gasteiger partial charge in [0.25, 0.3) is 5.91 Å². The number of hydrogen-bond acceptors (Lipinski definition) is 6. The average molecular weight is 477 g/mol. The first-order chi connectivity index (χ1) is 16.4. The number of nitrogens with one attached hydrogen (secondary N) is 2. The molecule has 0 radical (unpaired) electrons. The van der Waals surface area contributed by atoms with Gasteiger partial charge < -0.3 is 10.1 Å². The van der Waals surface area contributed by atoms with E-state index in [9.17, 15) is 19.2 Å². The number of imide groups is 1. The Bertz CT molecular complexity index is 1160. The third kappa shape index (κ3) is 7.90. The second kappa shape index (κ2) is 12.4. The number of rotatable bonds is 9. The fourth-order valence-electron chi connectivity index (χ4n) is 2.96. The molecule has 3 aromatic carbocycles. The molecule has 34 heavy (non-hydrogen) atoms. The summed E-state index contributed by atoms with van der Waals surface area (Å²) in [5.41, 5.74) is 2.78. The number of amides is 3. The van der Waals surface area contributed by atoms with Gasteiger partial charge >= 0.3 is 5.97 Å². The van der Waals surface area contributed by atoms with Crippen LogP contribution in [0.15, 0.2) is 83.8 Å². The third-order valence-electron chi connectivity index (χ3n) is 4.62. The summed E-state index contributed by atoms with van der Waals surface area (Å²) in [6.07, 6.45) is 0.0463. The number of aryl methyl sites for hydroxylation is 1. The lowest BCUT2D eigenvalue weighted by atomic mass is 10.1. The van der Waals surface area contributed by atoms with Crippen molar-refractivity contribution < 1.29 is 23.9 Å². The van der Waals surface area contributed by atoms with Crippen LogP contribution in [0.3, 0.4) is 0 Å². The standard InChI is InChI=1S/C26H24N2O5S/c1-18-11-13-20(14-12-18)27-25(31)17-34-22-10-6-5-9-21(22)26(32)33-16-24(30)28-23(29)15-19-7-3-2-4-8-19/h2-14H,15-17H2,1H3,(H,27,31)(H,28,29,30). The zero-order valence-corrected chi connectivity index (χ0v) is 19.4. The van der Waals surface area contributed by atoms with E-state index in [4.69, 9.17) is 4.74 Å². The quantitative estimate of drug-likeness (QED) is 0.360. The molecule has 7 nitrogen and oxygen atoms in total. The van der Waals surface area contributed by atoms with Gasteiger partial charge in [0.05, 0.1) is 17.7 Å². The van der Waals surface area contributed by atoms with Crippen molar-refractivity contribution in [3.05, 3.63) is 95.6 Å². The molecule has 8 heteroatoms. The van der Waals surface area contributed by atoms with Crippen LogP contribution in [0, 0.1) is 6.92 Å². The van der Waals surface area contributed by atoms with Crippen LogP contribution >= 0.6 is 11.8 Å². The van der Waals surface area contributed by atoms with Gasteiger partial charge in [-0.25, -0.2) is 4.79 Å². The van der Waals surface area contributed by atoms with Crippen LogP contribution in [0.2, 0.25) is 0 Å². The minimum absolute atomic E-state index is 0.0463. The molecule has 3 amide bonds. The first-order valence-corrected chi connectivity index (χ1v) is 11.5. The van der Waals surface area contributed by atoms with Crippen molar-refractivity contribution in [1.82, 2.24) is 5.32 Å². The van der Waals surface area contributed by atoms with Crippen molar-refractivity contribution in [2.24, 2.45) is 0 Å². The topological polar surface area (TPSA) is 102 Å². The van der Waals surface area contributed by atoms with Gasteiger partial charge in [0, 0.05) is 10.6 Å². The van der Waals surface area contributed by atoms with Crippen molar-refractivity contribution >= 4 is 41.1 Å². The maximum atomic E-state index is 12.5. The summed E-state index contributed by atoms with van der Waals surface area (Å²) in [6, 6.07) is 23.1. The zero-order chi connectivity index (χ0) is 24.3. The molecule has 3 rings (SSSR count).